The van der Waals surface area contributed by atoms with Gasteiger partial charge in [-0.1, -0.05) is 43.0 Å². The third-order valence-corrected chi connectivity index (χ3v) is 5.94. The molecule has 1 amide bonds. The van der Waals surface area contributed by atoms with Crippen LogP contribution in [0.5, 0.6) is 0 Å². The first-order chi connectivity index (χ1) is 13.7. The summed E-state index contributed by atoms with van der Waals surface area (Å²) in [5, 5.41) is 8.33. The molecule has 0 radical (unpaired) electrons. The molecule has 2 N–H and O–H groups in total. The topological polar surface area (TPSA) is 59.0 Å². The number of aromatic nitrogens is 2. The number of hydrogen-bond acceptors (Lipinski definition) is 4. The number of nitrogens with zero attached hydrogens (tertiary/aromatic N) is 2. The summed E-state index contributed by atoms with van der Waals surface area (Å²) in [6, 6.07) is 21.3. The fraction of sp³-hybridized carbons (Fsp3) is 0.0909. The molecule has 28 heavy (non-hydrogen) atoms. The Labute approximate surface area is 166 Å². The van der Waals surface area contributed by atoms with Crippen molar-refractivity contribution in [3.63, 3.8) is 0 Å². The van der Waals surface area contributed by atoms with Crippen LogP contribution >= 0.6 is 11.3 Å². The third kappa shape index (κ3) is 2.70. The summed E-state index contributed by atoms with van der Waals surface area (Å²) < 4.78 is 2.12. The van der Waals surface area contributed by atoms with E-state index in [0.29, 0.717) is 11.6 Å². The van der Waals surface area contributed by atoms with Crippen LogP contribution in [0.25, 0.3) is 11.0 Å². The van der Waals surface area contributed by atoms with Gasteiger partial charge in [0.25, 0.3) is 0 Å². The number of benzene rings is 2. The summed E-state index contributed by atoms with van der Waals surface area (Å²) in [4.78, 5) is 19.1. The summed E-state index contributed by atoms with van der Waals surface area (Å²) in [5.74, 6) is 0.155. The van der Waals surface area contributed by atoms with E-state index in [1.165, 1.54) is 0 Å². The number of para-hydroxylation sites is 3. The number of amides is 1. The molecule has 0 unspecified atom stereocenters. The summed E-state index contributed by atoms with van der Waals surface area (Å²) in [6.45, 7) is 4.17. The van der Waals surface area contributed by atoms with Gasteiger partial charge in [0.15, 0.2) is 0 Å². The normalized spacial score (nSPS) is 18.5. The summed E-state index contributed by atoms with van der Waals surface area (Å²) in [7, 11) is 0. The van der Waals surface area contributed by atoms with Crippen LogP contribution in [0, 0.1) is 5.92 Å². The number of thiophene rings is 1. The number of anilines is 2. The highest BCUT2D eigenvalue weighted by molar-refractivity contribution is 7.10. The van der Waals surface area contributed by atoms with Gasteiger partial charge in [-0.05, 0) is 35.7 Å². The Kier molecular flexibility index (Phi) is 3.98. The second kappa shape index (κ2) is 6.65. The Morgan fingerprint density at radius 3 is 2.64 bits per heavy atom. The average molecular weight is 386 g/mol. The van der Waals surface area contributed by atoms with Crippen molar-refractivity contribution in [1.82, 2.24) is 9.55 Å². The first-order valence-electron chi connectivity index (χ1n) is 9.04. The highest BCUT2D eigenvalue weighted by Gasteiger charge is 2.40. The zero-order valence-corrected chi connectivity index (χ0v) is 15.8. The van der Waals surface area contributed by atoms with Crippen molar-refractivity contribution in [2.24, 2.45) is 5.92 Å². The van der Waals surface area contributed by atoms with Gasteiger partial charge in [0.2, 0.25) is 11.9 Å². The quantitative estimate of drug-likeness (QED) is 0.527. The van der Waals surface area contributed by atoms with Crippen molar-refractivity contribution in [2.75, 3.05) is 10.6 Å². The fourth-order valence-electron chi connectivity index (χ4n) is 3.77. The van der Waals surface area contributed by atoms with Crippen LogP contribution in [-0.4, -0.2) is 15.5 Å². The van der Waals surface area contributed by atoms with Crippen LogP contribution in [0.3, 0.4) is 0 Å². The van der Waals surface area contributed by atoms with Crippen molar-refractivity contribution >= 4 is 39.9 Å². The van der Waals surface area contributed by atoms with Crippen LogP contribution in [0.15, 0.2) is 84.4 Å². The van der Waals surface area contributed by atoms with Crippen molar-refractivity contribution in [3.8, 4) is 0 Å². The minimum Gasteiger partial charge on any atom is -0.329 e. The number of hydrogen-bond donors (Lipinski definition) is 2. The molecule has 0 bridgehead atoms. The van der Waals surface area contributed by atoms with Gasteiger partial charge in [-0.2, -0.15) is 0 Å². The van der Waals surface area contributed by atoms with E-state index in [9.17, 15) is 4.79 Å². The minimum atomic E-state index is -0.469. The van der Waals surface area contributed by atoms with Crippen molar-refractivity contribution < 1.29 is 4.79 Å². The molecule has 5 rings (SSSR count). The van der Waals surface area contributed by atoms with Crippen LogP contribution < -0.4 is 10.6 Å². The molecule has 0 saturated heterocycles. The maximum Gasteiger partial charge on any atom is 0.235 e. The molecule has 2 aromatic heterocycles. The van der Waals surface area contributed by atoms with E-state index in [2.05, 4.69) is 27.8 Å². The molecule has 138 valence electrons. The molecule has 3 heterocycles. The van der Waals surface area contributed by atoms with E-state index in [-0.39, 0.29) is 11.9 Å². The Hall–Kier alpha value is -3.38. The average Bonchev–Trinajstić information content (AvgIpc) is 3.35. The van der Waals surface area contributed by atoms with Crippen molar-refractivity contribution in [1.29, 1.82) is 0 Å². The fourth-order valence-corrected chi connectivity index (χ4v) is 4.62. The SMILES string of the molecule is C=C1Nc2nc3ccccc3n2[C@H](c2cccs2)[C@H]1C(=O)Nc1ccccc1. The first kappa shape index (κ1) is 16.8. The van der Waals surface area contributed by atoms with Gasteiger partial charge < -0.3 is 15.2 Å². The second-order valence-electron chi connectivity index (χ2n) is 6.74. The molecular weight excluding hydrogens is 368 g/mol. The van der Waals surface area contributed by atoms with Gasteiger partial charge in [-0.25, -0.2) is 4.98 Å². The Bertz CT molecular complexity index is 1160. The molecule has 1 aliphatic rings. The van der Waals surface area contributed by atoms with E-state index < -0.39 is 5.92 Å². The Balaban J connectivity index is 1.64. The Morgan fingerprint density at radius 1 is 1.07 bits per heavy atom. The third-order valence-electron chi connectivity index (χ3n) is 5.00. The van der Waals surface area contributed by atoms with E-state index in [0.717, 1.165) is 21.6 Å². The van der Waals surface area contributed by atoms with E-state index in [4.69, 9.17) is 4.98 Å². The lowest BCUT2D eigenvalue weighted by Crippen LogP contribution is -2.38. The zero-order chi connectivity index (χ0) is 19.1. The molecule has 1 aliphatic heterocycles. The van der Waals surface area contributed by atoms with Crippen LogP contribution in [-0.2, 0) is 4.79 Å². The van der Waals surface area contributed by atoms with Gasteiger partial charge in [0, 0.05) is 16.3 Å². The number of fused-ring (bicyclic) bond motifs is 3. The lowest BCUT2D eigenvalue weighted by molar-refractivity contribution is -0.119. The highest BCUT2D eigenvalue weighted by Crippen LogP contribution is 2.42. The molecule has 0 fully saturated rings. The molecule has 4 aromatic rings. The predicted octanol–water partition coefficient (Wildman–Crippen LogP) is 4.88. The standard InChI is InChI=1S/C22H18N4OS/c1-14-19(21(27)24-15-8-3-2-4-9-15)20(18-12-7-13-28-18)26-17-11-6-5-10-16(17)25-22(26)23-14/h2-13,19-20H,1H2,(H,23,25)(H,24,27)/t19-,20+/m0/s1. The van der Waals surface area contributed by atoms with Gasteiger partial charge >= 0.3 is 0 Å². The monoisotopic (exact) mass is 386 g/mol. The van der Waals surface area contributed by atoms with Gasteiger partial charge in [0.05, 0.1) is 17.1 Å². The molecule has 5 nitrogen and oxygen atoms in total. The van der Waals surface area contributed by atoms with Gasteiger partial charge in [-0.15, -0.1) is 11.3 Å². The second-order valence-corrected chi connectivity index (χ2v) is 7.72. The summed E-state index contributed by atoms with van der Waals surface area (Å²) in [5.41, 5.74) is 3.30. The van der Waals surface area contributed by atoms with E-state index >= 15 is 0 Å². The number of carbonyl (C=O) groups excluding carboxylic acids is 1. The van der Waals surface area contributed by atoms with Crippen LogP contribution in [0.2, 0.25) is 0 Å². The molecular formula is C22H18N4OS. The molecule has 0 saturated carbocycles. The molecule has 0 spiro atoms. The van der Waals surface area contributed by atoms with Crippen molar-refractivity contribution in [3.05, 3.63) is 89.3 Å². The number of nitrogens with one attached hydrogen (secondary N) is 2. The van der Waals surface area contributed by atoms with Gasteiger partial charge in [-0.3, -0.25) is 4.79 Å². The van der Waals surface area contributed by atoms with Crippen molar-refractivity contribution in [2.45, 2.75) is 6.04 Å². The largest absolute Gasteiger partial charge is 0.329 e. The minimum absolute atomic E-state index is 0.0921. The lowest BCUT2D eigenvalue weighted by Gasteiger charge is -2.34. The van der Waals surface area contributed by atoms with Crippen LogP contribution in [0.4, 0.5) is 11.6 Å². The maximum atomic E-state index is 13.3. The maximum absolute atomic E-state index is 13.3. The predicted molar refractivity (Wildman–Crippen MR) is 114 cm³/mol. The number of carbonyl (C=O) groups is 1. The molecule has 2 atom stereocenters. The lowest BCUT2D eigenvalue weighted by atomic mass is 9.92. The van der Waals surface area contributed by atoms with E-state index in [1.54, 1.807) is 11.3 Å². The first-order valence-corrected chi connectivity index (χ1v) is 9.92. The van der Waals surface area contributed by atoms with E-state index in [1.807, 2.05) is 66.0 Å². The number of imidazole rings is 1. The highest BCUT2D eigenvalue weighted by atomic mass is 32.1. The smallest absolute Gasteiger partial charge is 0.235 e. The summed E-state index contributed by atoms with van der Waals surface area (Å²) in [6.07, 6.45) is 0. The van der Waals surface area contributed by atoms with Gasteiger partial charge in [0.1, 0.15) is 5.92 Å². The van der Waals surface area contributed by atoms with Crippen LogP contribution in [0.1, 0.15) is 10.9 Å². The molecule has 0 aliphatic carbocycles. The Morgan fingerprint density at radius 2 is 1.86 bits per heavy atom. The molecule has 2 aromatic carbocycles. The molecule has 6 heteroatoms. The summed E-state index contributed by atoms with van der Waals surface area (Å²) >= 11 is 1.64. The number of rotatable bonds is 3. The zero-order valence-electron chi connectivity index (χ0n) is 15.0.